The lowest BCUT2D eigenvalue weighted by Gasteiger charge is -2.42. The Kier molecular flexibility index (Phi) is 5.78. The van der Waals surface area contributed by atoms with Gasteiger partial charge in [0.05, 0.1) is 10.3 Å². The van der Waals surface area contributed by atoms with Crippen LogP contribution in [0.2, 0.25) is 0 Å². The number of piperidine rings is 1. The second-order valence-corrected chi connectivity index (χ2v) is 11.4. The van der Waals surface area contributed by atoms with Crippen LogP contribution in [0, 0.1) is 23.0 Å². The summed E-state index contributed by atoms with van der Waals surface area (Å²) in [7, 11) is 0. The van der Waals surface area contributed by atoms with Crippen LogP contribution in [0.15, 0.2) is 38.3 Å². The fraction of sp³-hybridized carbons (Fsp3) is 0.464. The molecule has 204 valence electrons. The number of hydrogen-bond acceptors (Lipinski definition) is 8. The number of nitrogens with zero attached hydrogens (tertiary/aromatic N) is 3. The van der Waals surface area contributed by atoms with Crippen LogP contribution >= 0.6 is 0 Å². The molecule has 0 N–H and O–H groups in total. The van der Waals surface area contributed by atoms with Crippen LogP contribution in [0.3, 0.4) is 0 Å². The quantitative estimate of drug-likeness (QED) is 0.282. The summed E-state index contributed by atoms with van der Waals surface area (Å²) in [6.45, 7) is 6.74. The molecule has 0 spiro atoms. The van der Waals surface area contributed by atoms with E-state index < -0.39 is 21.8 Å². The normalized spacial score (nSPS) is 21.1. The Bertz CT molecular complexity index is 1650. The average Bonchev–Trinajstić information content (AvgIpc) is 2.86. The van der Waals surface area contributed by atoms with E-state index in [4.69, 9.17) is 13.9 Å². The second kappa shape index (κ2) is 8.96. The minimum Gasteiger partial charge on any atom is -0.487 e. The summed E-state index contributed by atoms with van der Waals surface area (Å²) in [6, 6.07) is 6.07. The summed E-state index contributed by atoms with van der Waals surface area (Å²) in [6.07, 6.45) is 2.27. The van der Waals surface area contributed by atoms with Crippen molar-refractivity contribution in [3.05, 3.63) is 72.0 Å². The highest BCUT2D eigenvalue weighted by Crippen LogP contribution is 2.43. The molecule has 3 aromatic rings. The molecule has 2 atom stereocenters. The maximum absolute atomic E-state index is 13.3. The van der Waals surface area contributed by atoms with E-state index in [1.165, 1.54) is 16.7 Å². The second-order valence-electron chi connectivity index (χ2n) is 11.4. The molecule has 0 saturated carbocycles. The average molecular weight is 536 g/mol. The van der Waals surface area contributed by atoms with Gasteiger partial charge in [0.2, 0.25) is 0 Å². The molecule has 1 aromatic carbocycles. The van der Waals surface area contributed by atoms with Gasteiger partial charge in [-0.3, -0.25) is 19.7 Å². The number of aromatic nitrogens is 1. The van der Waals surface area contributed by atoms with Gasteiger partial charge in [-0.15, -0.1) is 0 Å². The van der Waals surface area contributed by atoms with Crippen molar-refractivity contribution in [1.29, 1.82) is 0 Å². The van der Waals surface area contributed by atoms with Crippen molar-refractivity contribution in [2.24, 2.45) is 5.92 Å². The Morgan fingerprint density at radius 1 is 1.21 bits per heavy atom. The van der Waals surface area contributed by atoms with E-state index in [1.54, 1.807) is 17.0 Å². The van der Waals surface area contributed by atoms with Gasteiger partial charge in [-0.2, -0.15) is 0 Å². The molecule has 2 aromatic heterocycles. The number of rotatable bonds is 4. The van der Waals surface area contributed by atoms with E-state index in [0.29, 0.717) is 59.8 Å². The Balaban J connectivity index is 1.25. The molecule has 1 amide bonds. The first-order chi connectivity index (χ1) is 18.5. The van der Waals surface area contributed by atoms with E-state index in [-0.39, 0.29) is 30.0 Å². The summed E-state index contributed by atoms with van der Waals surface area (Å²) in [5, 5.41) is 11.9. The number of amides is 1. The number of hydrogen-bond donors (Lipinski definition) is 0. The molecule has 0 aliphatic carbocycles. The lowest BCUT2D eigenvalue weighted by atomic mass is 9.83. The monoisotopic (exact) mass is 535 g/mol. The zero-order valence-corrected chi connectivity index (χ0v) is 22.0. The smallest absolute Gasteiger partial charge is 0.336 e. The van der Waals surface area contributed by atoms with Gasteiger partial charge in [-0.1, -0.05) is 0 Å². The van der Waals surface area contributed by atoms with Gasteiger partial charge in [-0.05, 0) is 57.6 Å². The van der Waals surface area contributed by atoms with Crippen LogP contribution in [0.25, 0.3) is 11.0 Å². The lowest BCUT2D eigenvalue weighted by Crippen LogP contribution is -2.50. The van der Waals surface area contributed by atoms with Crippen molar-refractivity contribution in [3.63, 3.8) is 0 Å². The van der Waals surface area contributed by atoms with Crippen LogP contribution in [0.4, 0.5) is 5.69 Å². The van der Waals surface area contributed by atoms with Gasteiger partial charge in [0, 0.05) is 55.0 Å². The fourth-order valence-corrected chi connectivity index (χ4v) is 6.24. The third-order valence-electron chi connectivity index (χ3n) is 8.09. The molecule has 0 radical (unpaired) electrons. The molecular weight excluding hydrogens is 506 g/mol. The van der Waals surface area contributed by atoms with E-state index >= 15 is 0 Å². The van der Waals surface area contributed by atoms with E-state index in [1.807, 2.05) is 20.8 Å². The van der Waals surface area contributed by atoms with Crippen molar-refractivity contribution in [2.75, 3.05) is 19.7 Å². The van der Waals surface area contributed by atoms with Crippen molar-refractivity contribution >= 4 is 22.6 Å². The summed E-state index contributed by atoms with van der Waals surface area (Å²) in [4.78, 5) is 50.5. The first kappa shape index (κ1) is 25.1. The summed E-state index contributed by atoms with van der Waals surface area (Å²) < 4.78 is 19.4. The number of nitro groups is 1. The topological polar surface area (TPSA) is 134 Å². The molecule has 1 saturated heterocycles. The van der Waals surface area contributed by atoms with Gasteiger partial charge in [0.25, 0.3) is 5.91 Å². The zero-order valence-electron chi connectivity index (χ0n) is 22.0. The minimum absolute atomic E-state index is 0.0108. The Labute approximate surface area is 223 Å². The number of likely N-dealkylation sites (tertiary alicyclic amines) is 1. The Hall–Kier alpha value is -4.15. The number of pyridine rings is 1. The van der Waals surface area contributed by atoms with Crippen molar-refractivity contribution in [3.8, 4) is 11.5 Å². The predicted octanol–water partition coefficient (Wildman–Crippen LogP) is 3.30. The molecule has 2 bridgehead atoms. The third-order valence-corrected chi connectivity index (χ3v) is 8.09. The maximum atomic E-state index is 13.3. The molecule has 6 rings (SSSR count). The van der Waals surface area contributed by atoms with Crippen LogP contribution in [-0.2, 0) is 17.8 Å². The molecular formula is C28H29N3O8. The molecule has 0 unspecified atom stereocenters. The molecule has 11 heteroatoms. The highest BCUT2D eigenvalue weighted by Gasteiger charge is 2.38. The van der Waals surface area contributed by atoms with E-state index in [0.717, 1.165) is 18.4 Å². The first-order valence-electron chi connectivity index (χ1n) is 13.1. The predicted molar refractivity (Wildman–Crippen MR) is 141 cm³/mol. The van der Waals surface area contributed by atoms with Crippen molar-refractivity contribution in [2.45, 2.75) is 58.1 Å². The molecule has 39 heavy (non-hydrogen) atoms. The van der Waals surface area contributed by atoms with Crippen LogP contribution < -0.4 is 20.7 Å². The number of carbonyl (C=O) groups excluding carboxylic acids is 1. The Morgan fingerprint density at radius 3 is 2.77 bits per heavy atom. The SMILES string of the molecule is Cc1cc(=O)oc2c3c(cc(OCC(=O)N4C[C@@H]5C[C@@H](C4)c4ccc([N+](=O)[O-])c(=O)n4C5)c12)OC(C)(C)CC3. The number of benzene rings is 1. The van der Waals surface area contributed by atoms with Gasteiger partial charge < -0.3 is 23.4 Å². The van der Waals surface area contributed by atoms with Gasteiger partial charge in [-0.25, -0.2) is 4.79 Å². The number of carbonyl (C=O) groups is 1. The molecule has 5 heterocycles. The summed E-state index contributed by atoms with van der Waals surface area (Å²) in [5.41, 5.74) is 0.789. The molecule has 11 nitrogen and oxygen atoms in total. The largest absolute Gasteiger partial charge is 0.487 e. The molecule has 1 fully saturated rings. The molecule has 3 aliphatic rings. The number of aryl methyl sites for hydroxylation is 2. The van der Waals surface area contributed by atoms with Crippen LogP contribution in [0.5, 0.6) is 11.5 Å². The van der Waals surface area contributed by atoms with Crippen molar-refractivity contribution < 1.29 is 23.6 Å². The minimum atomic E-state index is -0.656. The van der Waals surface area contributed by atoms with Gasteiger partial charge in [0.15, 0.2) is 6.61 Å². The van der Waals surface area contributed by atoms with Crippen molar-refractivity contribution in [1.82, 2.24) is 9.47 Å². The number of fused-ring (bicyclic) bond motifs is 7. The maximum Gasteiger partial charge on any atom is 0.336 e. The van der Waals surface area contributed by atoms with Crippen LogP contribution in [0.1, 0.15) is 49.4 Å². The van der Waals surface area contributed by atoms with Crippen LogP contribution in [-0.4, -0.2) is 45.6 Å². The van der Waals surface area contributed by atoms with Gasteiger partial charge >= 0.3 is 16.9 Å². The zero-order chi connectivity index (χ0) is 27.6. The van der Waals surface area contributed by atoms with E-state index in [9.17, 15) is 24.5 Å². The standard InChI is InChI=1S/C28H29N3O8/c1-15-8-24(33)38-26-18-6-7-28(2,3)39-21(18)10-22(25(15)26)37-14-23(32)29-11-16-9-17(13-29)19-4-5-20(31(35)36)27(34)30(19)12-16/h4-5,8,10,16-17H,6-7,9,11-14H2,1-3H3/t16-,17-/m0/s1. The molecule has 3 aliphatic heterocycles. The Morgan fingerprint density at radius 2 is 2.00 bits per heavy atom. The highest BCUT2D eigenvalue weighted by molar-refractivity contribution is 5.91. The highest BCUT2D eigenvalue weighted by atomic mass is 16.6. The third kappa shape index (κ3) is 4.35. The fourth-order valence-electron chi connectivity index (χ4n) is 6.24. The van der Waals surface area contributed by atoms with Gasteiger partial charge in [0.1, 0.15) is 22.7 Å². The lowest BCUT2D eigenvalue weighted by molar-refractivity contribution is -0.386. The summed E-state index contributed by atoms with van der Waals surface area (Å²) >= 11 is 0. The first-order valence-corrected chi connectivity index (χ1v) is 13.1. The van der Waals surface area contributed by atoms with E-state index in [2.05, 4.69) is 0 Å². The number of ether oxygens (including phenoxy) is 2. The summed E-state index contributed by atoms with van der Waals surface area (Å²) in [5.74, 6) is 0.712.